The number of rotatable bonds is 2. The number of nitrogens with zero attached hydrogens (tertiary/aromatic N) is 4. The van der Waals surface area contributed by atoms with Crippen LogP contribution in [0.2, 0.25) is 0 Å². The zero-order valence-corrected chi connectivity index (χ0v) is 19.8. The molecule has 2 aliphatic heterocycles. The Morgan fingerprint density at radius 2 is 1.72 bits per heavy atom. The van der Waals surface area contributed by atoms with Gasteiger partial charge in [0.05, 0.1) is 26.6 Å². The van der Waals surface area contributed by atoms with Crippen LogP contribution in [0.1, 0.15) is 45.0 Å². The Morgan fingerprint density at radius 1 is 1.03 bits per heavy atom. The van der Waals surface area contributed by atoms with E-state index in [9.17, 15) is 0 Å². The van der Waals surface area contributed by atoms with Crippen LogP contribution in [-0.2, 0) is 5.41 Å². The number of thiocarbonyl (C=S) groups is 1. The molecule has 0 saturated carbocycles. The summed E-state index contributed by atoms with van der Waals surface area (Å²) in [6, 6.07) is 4.54. The van der Waals surface area contributed by atoms with E-state index in [0.29, 0.717) is 0 Å². The van der Waals surface area contributed by atoms with Crippen molar-refractivity contribution in [3.8, 4) is 0 Å². The van der Waals surface area contributed by atoms with E-state index >= 15 is 0 Å². The minimum Gasteiger partial charge on any atom is -0.367 e. The Kier molecular flexibility index (Phi) is 6.00. The zero-order valence-electron chi connectivity index (χ0n) is 18.1. The van der Waals surface area contributed by atoms with Gasteiger partial charge in [-0.1, -0.05) is 20.8 Å². The van der Waals surface area contributed by atoms with E-state index in [1.165, 1.54) is 34.7 Å². The van der Waals surface area contributed by atoms with E-state index in [0.717, 1.165) is 55.6 Å². The van der Waals surface area contributed by atoms with Gasteiger partial charge in [0.15, 0.2) is 5.11 Å². The summed E-state index contributed by atoms with van der Waals surface area (Å²) >= 11 is 7.60. The van der Waals surface area contributed by atoms with Crippen LogP contribution in [0.5, 0.6) is 0 Å². The number of hydrogen-bond donors (Lipinski definition) is 1. The fourth-order valence-electron chi connectivity index (χ4n) is 3.98. The van der Waals surface area contributed by atoms with Crippen LogP contribution in [0, 0.1) is 0 Å². The fraction of sp³-hybridized carbons (Fsp3) is 0.636. The molecule has 2 aromatic rings. The second kappa shape index (κ2) is 8.36. The molecule has 158 valence electrons. The van der Waals surface area contributed by atoms with Gasteiger partial charge < -0.3 is 20.0 Å². The van der Waals surface area contributed by atoms with Gasteiger partial charge in [0.2, 0.25) is 0 Å². The molecule has 0 atom stereocenters. The predicted octanol–water partition coefficient (Wildman–Crippen LogP) is 4.53. The summed E-state index contributed by atoms with van der Waals surface area (Å²) in [5.74, 6) is 0. The Labute approximate surface area is 184 Å². The van der Waals surface area contributed by atoms with Crippen LogP contribution in [0.25, 0.3) is 10.2 Å². The number of nitrogens with one attached hydrogen (secondary N) is 1. The van der Waals surface area contributed by atoms with Crippen LogP contribution >= 0.6 is 23.6 Å². The number of likely N-dealkylation sites (tertiary alicyclic amines) is 1. The minimum atomic E-state index is 0.0639. The molecule has 0 aliphatic carbocycles. The number of likely N-dealkylation sites (N-methyl/N-ethyl adjacent to an activating group) is 1. The first kappa shape index (κ1) is 20.8. The van der Waals surface area contributed by atoms with E-state index in [1.807, 2.05) is 0 Å². The van der Waals surface area contributed by atoms with Gasteiger partial charge in [-0.25, -0.2) is 4.98 Å². The highest BCUT2D eigenvalue weighted by molar-refractivity contribution is 7.80. The van der Waals surface area contributed by atoms with Gasteiger partial charge in [0.1, 0.15) is 0 Å². The van der Waals surface area contributed by atoms with Crippen LogP contribution in [0.4, 0.5) is 11.4 Å². The zero-order chi connectivity index (χ0) is 20.6. The first-order valence-electron chi connectivity index (χ1n) is 10.8. The number of anilines is 2. The van der Waals surface area contributed by atoms with Crippen LogP contribution in [-0.4, -0.2) is 66.2 Å². The van der Waals surface area contributed by atoms with Gasteiger partial charge >= 0.3 is 0 Å². The van der Waals surface area contributed by atoms with Crippen molar-refractivity contribution < 1.29 is 0 Å². The Balaban J connectivity index is 1.68. The molecule has 1 N–H and O–H groups in total. The summed E-state index contributed by atoms with van der Waals surface area (Å²) in [5, 5.41) is 5.66. The summed E-state index contributed by atoms with van der Waals surface area (Å²) in [4.78, 5) is 12.2. The van der Waals surface area contributed by atoms with E-state index < -0.39 is 0 Å². The van der Waals surface area contributed by atoms with Crippen LogP contribution < -0.4 is 10.2 Å². The van der Waals surface area contributed by atoms with Gasteiger partial charge in [0, 0.05) is 44.7 Å². The van der Waals surface area contributed by atoms with Gasteiger partial charge in [-0.15, -0.1) is 11.3 Å². The molecule has 2 saturated heterocycles. The third-order valence-corrected chi connectivity index (χ3v) is 7.68. The highest BCUT2D eigenvalue weighted by Gasteiger charge is 2.23. The van der Waals surface area contributed by atoms with Crippen molar-refractivity contribution in [1.29, 1.82) is 0 Å². The highest BCUT2D eigenvalue weighted by Crippen LogP contribution is 2.37. The number of hydrogen-bond acceptors (Lipinski definition) is 5. The maximum Gasteiger partial charge on any atom is 0.173 e. The molecule has 3 heterocycles. The van der Waals surface area contributed by atoms with Crippen molar-refractivity contribution in [2.24, 2.45) is 0 Å². The van der Waals surface area contributed by atoms with E-state index in [2.05, 4.69) is 60.0 Å². The molecule has 1 aromatic carbocycles. The summed E-state index contributed by atoms with van der Waals surface area (Å²) in [6.07, 6.45) is 3.78. The molecule has 2 aliphatic rings. The fourth-order valence-corrected chi connectivity index (χ4v) is 5.32. The molecule has 0 bridgehead atoms. The van der Waals surface area contributed by atoms with Crippen molar-refractivity contribution in [2.45, 2.75) is 45.4 Å². The van der Waals surface area contributed by atoms with Gasteiger partial charge in [-0.3, -0.25) is 0 Å². The van der Waals surface area contributed by atoms with E-state index in [4.69, 9.17) is 17.2 Å². The molecular weight excluding hydrogens is 398 g/mol. The predicted molar refractivity (Wildman–Crippen MR) is 130 cm³/mol. The SMILES string of the molecule is CN1CCN(c2cc3nc(C(C)(C)C)sc3cc2NC(=S)N2CCCCC2)CC1. The Hall–Kier alpha value is -1.44. The molecule has 29 heavy (non-hydrogen) atoms. The molecule has 0 spiro atoms. The van der Waals surface area contributed by atoms with Crippen molar-refractivity contribution in [3.05, 3.63) is 17.1 Å². The maximum absolute atomic E-state index is 5.80. The topological polar surface area (TPSA) is 34.6 Å². The summed E-state index contributed by atoms with van der Waals surface area (Å²) in [7, 11) is 2.20. The number of aromatic nitrogens is 1. The monoisotopic (exact) mass is 431 g/mol. The second-order valence-electron chi connectivity index (χ2n) is 9.37. The normalized spacial score (nSPS) is 19.0. The molecule has 0 radical (unpaired) electrons. The largest absolute Gasteiger partial charge is 0.367 e. The third kappa shape index (κ3) is 4.67. The van der Waals surface area contributed by atoms with E-state index in [-0.39, 0.29) is 5.41 Å². The number of benzene rings is 1. The lowest BCUT2D eigenvalue weighted by molar-refractivity contribution is 0.313. The molecule has 5 nitrogen and oxygen atoms in total. The van der Waals surface area contributed by atoms with Crippen LogP contribution in [0.15, 0.2) is 12.1 Å². The molecule has 2 fully saturated rings. The molecule has 7 heteroatoms. The average Bonchev–Trinajstić information content (AvgIpc) is 3.12. The first-order valence-corrected chi connectivity index (χ1v) is 12.0. The summed E-state index contributed by atoms with van der Waals surface area (Å²) in [5.41, 5.74) is 3.52. The van der Waals surface area contributed by atoms with Gasteiger partial charge in [-0.05, 0) is 50.7 Å². The quantitative estimate of drug-likeness (QED) is 0.704. The summed E-state index contributed by atoms with van der Waals surface area (Å²) < 4.78 is 1.23. The smallest absolute Gasteiger partial charge is 0.173 e. The Morgan fingerprint density at radius 3 is 2.38 bits per heavy atom. The molecular formula is C22H33N5S2. The maximum atomic E-state index is 5.80. The second-order valence-corrected chi connectivity index (χ2v) is 10.8. The number of thiazole rings is 1. The summed E-state index contributed by atoms with van der Waals surface area (Å²) in [6.45, 7) is 13.0. The van der Waals surface area contributed by atoms with Crippen molar-refractivity contribution in [2.75, 3.05) is 56.5 Å². The number of piperazine rings is 1. The standard InChI is InChI=1S/C22H33N5S2/c1-22(2,3)20-23-17-14-18(26-12-10-25(4)11-13-26)16(15-19(17)29-20)24-21(28)27-8-6-5-7-9-27/h14-15H,5-13H2,1-4H3,(H,24,28). The van der Waals surface area contributed by atoms with Crippen molar-refractivity contribution in [1.82, 2.24) is 14.8 Å². The average molecular weight is 432 g/mol. The van der Waals surface area contributed by atoms with Gasteiger partial charge in [0.25, 0.3) is 0 Å². The molecule has 0 unspecified atom stereocenters. The molecule has 0 amide bonds. The van der Waals surface area contributed by atoms with Crippen LogP contribution in [0.3, 0.4) is 0 Å². The van der Waals surface area contributed by atoms with Crippen molar-refractivity contribution in [3.63, 3.8) is 0 Å². The molecule has 1 aromatic heterocycles. The third-order valence-electron chi connectivity index (χ3n) is 5.88. The molecule has 4 rings (SSSR count). The highest BCUT2D eigenvalue weighted by atomic mass is 32.1. The number of fused-ring (bicyclic) bond motifs is 1. The lowest BCUT2D eigenvalue weighted by Crippen LogP contribution is -2.45. The number of piperidine rings is 1. The minimum absolute atomic E-state index is 0.0639. The Bertz CT molecular complexity index is 871. The van der Waals surface area contributed by atoms with E-state index in [1.54, 1.807) is 11.3 Å². The van der Waals surface area contributed by atoms with Crippen molar-refractivity contribution >= 4 is 50.3 Å². The van der Waals surface area contributed by atoms with Gasteiger partial charge in [-0.2, -0.15) is 0 Å². The lowest BCUT2D eigenvalue weighted by Gasteiger charge is -2.36. The first-order chi connectivity index (χ1) is 13.8. The lowest BCUT2D eigenvalue weighted by atomic mass is 9.98.